The molecule has 1 aromatic carbocycles. The largest absolute Gasteiger partial charge is 0.482 e. The number of esters is 1. The minimum atomic E-state index is -0.810. The predicted molar refractivity (Wildman–Crippen MR) is 101 cm³/mol. The van der Waals surface area contributed by atoms with Crippen LogP contribution in [0.25, 0.3) is 0 Å². The number of nitrogens with one attached hydrogen (secondary N) is 1. The minimum Gasteiger partial charge on any atom is -0.482 e. The van der Waals surface area contributed by atoms with Crippen LogP contribution < -0.4 is 10.1 Å². The van der Waals surface area contributed by atoms with Crippen molar-refractivity contribution >= 4 is 11.9 Å². The summed E-state index contributed by atoms with van der Waals surface area (Å²) in [6.45, 7) is 5.54. The molecular formula is C21H31NO4. The summed E-state index contributed by atoms with van der Waals surface area (Å²) < 4.78 is 10.8. The molecule has 0 bridgehead atoms. The standard InChI is InChI=1S/C21H31NO4/c1-15(2)18-12-8-9-13-19(18)25-14-20(23)26-16(3)21(24)22-17-10-6-4-5-7-11-17/h8-9,12-13,15-17H,4-7,10-11,14H2,1-3H3,(H,22,24)/t16-/m1/s1. The zero-order valence-corrected chi connectivity index (χ0v) is 16.1. The van der Waals surface area contributed by atoms with Gasteiger partial charge in [0.15, 0.2) is 12.7 Å². The first-order valence-electron chi connectivity index (χ1n) is 9.69. The summed E-state index contributed by atoms with van der Waals surface area (Å²) in [5.74, 6) is 0.210. The van der Waals surface area contributed by atoms with Crippen molar-refractivity contribution < 1.29 is 19.1 Å². The van der Waals surface area contributed by atoms with Crippen molar-refractivity contribution in [3.8, 4) is 5.75 Å². The third-order valence-electron chi connectivity index (χ3n) is 4.77. The maximum Gasteiger partial charge on any atom is 0.344 e. The Balaban J connectivity index is 1.78. The van der Waals surface area contributed by atoms with Gasteiger partial charge in [-0.15, -0.1) is 0 Å². The van der Waals surface area contributed by atoms with Crippen LogP contribution in [0.1, 0.15) is 70.8 Å². The summed E-state index contributed by atoms with van der Waals surface area (Å²) in [6.07, 6.45) is 5.93. The Morgan fingerprint density at radius 3 is 2.38 bits per heavy atom. The number of carbonyl (C=O) groups is 2. The van der Waals surface area contributed by atoms with Gasteiger partial charge in [0.25, 0.3) is 5.91 Å². The number of hydrogen-bond donors (Lipinski definition) is 1. The highest BCUT2D eigenvalue weighted by atomic mass is 16.6. The van der Waals surface area contributed by atoms with Gasteiger partial charge in [-0.2, -0.15) is 0 Å². The summed E-state index contributed by atoms with van der Waals surface area (Å²) in [6, 6.07) is 7.83. The average Bonchev–Trinajstić information content (AvgIpc) is 2.88. The van der Waals surface area contributed by atoms with Gasteiger partial charge in [0.1, 0.15) is 5.75 Å². The summed E-state index contributed by atoms with van der Waals surface area (Å²) >= 11 is 0. The highest BCUT2D eigenvalue weighted by Gasteiger charge is 2.22. The second-order valence-corrected chi connectivity index (χ2v) is 7.31. The molecule has 1 aliphatic carbocycles. The van der Waals surface area contributed by atoms with Gasteiger partial charge in [-0.3, -0.25) is 4.79 Å². The molecule has 0 aromatic heterocycles. The Morgan fingerprint density at radius 2 is 1.73 bits per heavy atom. The van der Waals surface area contributed by atoms with Crippen molar-refractivity contribution in [1.29, 1.82) is 0 Å². The molecule has 0 spiro atoms. The molecular weight excluding hydrogens is 330 g/mol. The van der Waals surface area contributed by atoms with E-state index in [0.29, 0.717) is 11.7 Å². The van der Waals surface area contributed by atoms with Crippen LogP contribution in [0.5, 0.6) is 5.75 Å². The smallest absolute Gasteiger partial charge is 0.344 e. The SMILES string of the molecule is CC(C)c1ccccc1OCC(=O)O[C@H](C)C(=O)NC1CCCCCC1. The average molecular weight is 361 g/mol. The number of carbonyl (C=O) groups excluding carboxylic acids is 2. The van der Waals surface area contributed by atoms with Gasteiger partial charge in [0, 0.05) is 6.04 Å². The van der Waals surface area contributed by atoms with E-state index < -0.39 is 12.1 Å². The molecule has 26 heavy (non-hydrogen) atoms. The molecule has 0 aliphatic heterocycles. The quantitative estimate of drug-likeness (QED) is 0.590. The molecule has 1 amide bonds. The van der Waals surface area contributed by atoms with Crippen LogP contribution in [0.2, 0.25) is 0 Å². The lowest BCUT2D eigenvalue weighted by Crippen LogP contribution is -2.42. The Hall–Kier alpha value is -2.04. The topological polar surface area (TPSA) is 64.6 Å². The van der Waals surface area contributed by atoms with Gasteiger partial charge in [-0.1, -0.05) is 57.7 Å². The molecule has 1 fully saturated rings. The van der Waals surface area contributed by atoms with Crippen LogP contribution in [0.4, 0.5) is 0 Å². The number of para-hydroxylation sites is 1. The van der Waals surface area contributed by atoms with E-state index in [0.717, 1.165) is 31.2 Å². The Morgan fingerprint density at radius 1 is 1.08 bits per heavy atom. The molecule has 1 N–H and O–H groups in total. The van der Waals surface area contributed by atoms with Crippen molar-refractivity contribution in [3.05, 3.63) is 29.8 Å². The van der Waals surface area contributed by atoms with Crippen molar-refractivity contribution in [2.75, 3.05) is 6.61 Å². The summed E-state index contributed by atoms with van der Waals surface area (Å²) in [5, 5.41) is 3.00. The monoisotopic (exact) mass is 361 g/mol. The molecule has 0 unspecified atom stereocenters. The molecule has 5 heteroatoms. The second-order valence-electron chi connectivity index (χ2n) is 7.31. The van der Waals surface area contributed by atoms with E-state index in [1.165, 1.54) is 12.8 Å². The fourth-order valence-corrected chi connectivity index (χ4v) is 3.25. The van der Waals surface area contributed by atoms with Crippen molar-refractivity contribution in [3.63, 3.8) is 0 Å². The molecule has 0 heterocycles. The van der Waals surface area contributed by atoms with Crippen LogP contribution in [-0.4, -0.2) is 30.6 Å². The van der Waals surface area contributed by atoms with E-state index >= 15 is 0 Å². The van der Waals surface area contributed by atoms with E-state index in [1.807, 2.05) is 24.3 Å². The zero-order valence-electron chi connectivity index (χ0n) is 16.1. The van der Waals surface area contributed by atoms with E-state index in [2.05, 4.69) is 19.2 Å². The first kappa shape index (κ1) is 20.3. The number of hydrogen-bond acceptors (Lipinski definition) is 4. The number of benzene rings is 1. The minimum absolute atomic E-state index is 0.195. The Bertz CT molecular complexity index is 591. The normalized spacial score (nSPS) is 16.6. The van der Waals surface area contributed by atoms with E-state index in [4.69, 9.17) is 9.47 Å². The third-order valence-corrected chi connectivity index (χ3v) is 4.77. The number of rotatable bonds is 7. The molecule has 1 aliphatic rings. The van der Waals surface area contributed by atoms with E-state index in [-0.39, 0.29) is 18.6 Å². The summed E-state index contributed by atoms with van der Waals surface area (Å²) in [5.41, 5.74) is 1.04. The van der Waals surface area contributed by atoms with E-state index in [9.17, 15) is 9.59 Å². The van der Waals surface area contributed by atoms with Gasteiger partial charge in [-0.25, -0.2) is 4.79 Å². The van der Waals surface area contributed by atoms with Gasteiger partial charge in [0.05, 0.1) is 0 Å². The molecule has 1 atom stereocenters. The lowest BCUT2D eigenvalue weighted by molar-refractivity contribution is -0.156. The van der Waals surface area contributed by atoms with Crippen LogP contribution in [-0.2, 0) is 14.3 Å². The lowest BCUT2D eigenvalue weighted by Gasteiger charge is -2.20. The Kier molecular flexibility index (Phi) is 7.95. The van der Waals surface area contributed by atoms with E-state index in [1.54, 1.807) is 6.92 Å². The first-order chi connectivity index (χ1) is 12.5. The highest BCUT2D eigenvalue weighted by molar-refractivity contribution is 5.83. The van der Waals surface area contributed by atoms with Gasteiger partial charge < -0.3 is 14.8 Å². The van der Waals surface area contributed by atoms with Crippen molar-refractivity contribution in [2.24, 2.45) is 0 Å². The third kappa shape index (κ3) is 6.36. The molecule has 2 rings (SSSR count). The van der Waals surface area contributed by atoms with Gasteiger partial charge in [-0.05, 0) is 37.3 Å². The van der Waals surface area contributed by atoms with Gasteiger partial charge >= 0.3 is 5.97 Å². The molecule has 1 aromatic rings. The van der Waals surface area contributed by atoms with Crippen LogP contribution in [0.3, 0.4) is 0 Å². The maximum absolute atomic E-state index is 12.2. The molecule has 0 saturated heterocycles. The molecule has 144 valence electrons. The predicted octanol–water partition coefficient (Wildman–Crippen LogP) is 3.96. The highest BCUT2D eigenvalue weighted by Crippen LogP contribution is 2.25. The molecule has 0 radical (unpaired) electrons. The first-order valence-corrected chi connectivity index (χ1v) is 9.69. The zero-order chi connectivity index (χ0) is 18.9. The van der Waals surface area contributed by atoms with Crippen molar-refractivity contribution in [1.82, 2.24) is 5.32 Å². The second kappa shape index (κ2) is 10.2. The summed E-state index contributed by atoms with van der Waals surface area (Å²) in [7, 11) is 0. The fourth-order valence-electron chi connectivity index (χ4n) is 3.25. The van der Waals surface area contributed by atoms with Crippen molar-refractivity contribution in [2.45, 2.75) is 77.4 Å². The molecule has 5 nitrogen and oxygen atoms in total. The van der Waals surface area contributed by atoms with Crippen LogP contribution in [0.15, 0.2) is 24.3 Å². The number of ether oxygens (including phenoxy) is 2. The van der Waals surface area contributed by atoms with Crippen LogP contribution in [0, 0.1) is 0 Å². The Labute approximate surface area is 156 Å². The number of amides is 1. The molecule has 1 saturated carbocycles. The maximum atomic E-state index is 12.2. The van der Waals surface area contributed by atoms with Crippen LogP contribution >= 0.6 is 0 Å². The lowest BCUT2D eigenvalue weighted by atomic mass is 10.0. The summed E-state index contributed by atoms with van der Waals surface area (Å²) in [4.78, 5) is 24.3. The fraction of sp³-hybridized carbons (Fsp3) is 0.619. The van der Waals surface area contributed by atoms with Gasteiger partial charge in [0.2, 0.25) is 0 Å².